The van der Waals surface area contributed by atoms with Gasteiger partial charge in [-0.05, 0) is 81.4 Å². The molecule has 220 valence electrons. The Bertz CT molecular complexity index is 1520. The number of rotatable bonds is 12. The second kappa shape index (κ2) is 13.4. The Labute approximate surface area is 243 Å². The van der Waals surface area contributed by atoms with Gasteiger partial charge in [-0.3, -0.25) is 4.79 Å². The minimum absolute atomic E-state index is 0.0790. The number of amides is 1. The van der Waals surface area contributed by atoms with Gasteiger partial charge < -0.3 is 32.7 Å². The SMILES string of the molecule is COC(=O)[C@@H](C)Oc1c(OC)cc(/C=N/NC(=O)c2ccc(COc3ccc(-n4c(C)ccc4C)cc3)o2)cc1OC. The number of hydrogen-bond donors (Lipinski definition) is 1. The summed E-state index contributed by atoms with van der Waals surface area (Å²) in [5.74, 6) is 0.988. The molecule has 1 N–H and O–H groups in total. The highest BCUT2D eigenvalue weighted by atomic mass is 16.6. The van der Waals surface area contributed by atoms with Gasteiger partial charge >= 0.3 is 11.9 Å². The Hall–Kier alpha value is -5.19. The van der Waals surface area contributed by atoms with Crippen LogP contribution in [-0.2, 0) is 16.1 Å². The van der Waals surface area contributed by atoms with E-state index in [-0.39, 0.29) is 18.1 Å². The van der Waals surface area contributed by atoms with Gasteiger partial charge in [-0.2, -0.15) is 5.10 Å². The number of methoxy groups -OCH3 is 3. The summed E-state index contributed by atoms with van der Waals surface area (Å²) in [6.07, 6.45) is 0.522. The normalized spacial score (nSPS) is 11.7. The maximum Gasteiger partial charge on any atom is 0.346 e. The van der Waals surface area contributed by atoms with Crippen molar-refractivity contribution in [1.29, 1.82) is 0 Å². The lowest BCUT2D eigenvalue weighted by atomic mass is 10.2. The predicted molar refractivity (Wildman–Crippen MR) is 155 cm³/mol. The second-order valence-corrected chi connectivity index (χ2v) is 9.24. The fourth-order valence-corrected chi connectivity index (χ4v) is 4.20. The molecular formula is C31H33N3O8. The smallest absolute Gasteiger partial charge is 0.346 e. The Morgan fingerprint density at radius 3 is 2.19 bits per heavy atom. The molecule has 0 fully saturated rings. The van der Waals surface area contributed by atoms with Crippen molar-refractivity contribution >= 4 is 18.1 Å². The average Bonchev–Trinajstić information content (AvgIpc) is 3.62. The first-order valence-electron chi connectivity index (χ1n) is 13.0. The highest BCUT2D eigenvalue weighted by Crippen LogP contribution is 2.39. The molecule has 0 spiro atoms. The van der Waals surface area contributed by atoms with Crippen molar-refractivity contribution in [3.63, 3.8) is 0 Å². The molecule has 1 atom stereocenters. The Morgan fingerprint density at radius 1 is 0.952 bits per heavy atom. The molecule has 0 bridgehead atoms. The van der Waals surface area contributed by atoms with Crippen molar-refractivity contribution in [3.05, 3.63) is 89.1 Å². The number of benzene rings is 2. The maximum atomic E-state index is 12.6. The fraction of sp³-hybridized carbons (Fsp3) is 0.258. The van der Waals surface area contributed by atoms with Gasteiger partial charge in [0.05, 0.1) is 27.5 Å². The monoisotopic (exact) mass is 575 g/mol. The van der Waals surface area contributed by atoms with E-state index in [1.807, 2.05) is 24.3 Å². The van der Waals surface area contributed by atoms with E-state index in [1.165, 1.54) is 27.5 Å². The summed E-state index contributed by atoms with van der Waals surface area (Å²) in [4.78, 5) is 24.3. The average molecular weight is 576 g/mol. The van der Waals surface area contributed by atoms with E-state index >= 15 is 0 Å². The molecule has 11 nitrogen and oxygen atoms in total. The highest BCUT2D eigenvalue weighted by molar-refractivity contribution is 5.92. The van der Waals surface area contributed by atoms with Crippen LogP contribution in [-0.4, -0.2) is 50.1 Å². The number of ether oxygens (including phenoxy) is 5. The van der Waals surface area contributed by atoms with Crippen LogP contribution in [0.1, 0.15) is 40.2 Å². The van der Waals surface area contributed by atoms with Crippen LogP contribution in [0.5, 0.6) is 23.0 Å². The number of carbonyl (C=O) groups excluding carboxylic acids is 2. The second-order valence-electron chi connectivity index (χ2n) is 9.24. The summed E-state index contributed by atoms with van der Waals surface area (Å²) >= 11 is 0. The van der Waals surface area contributed by atoms with Gasteiger partial charge in [-0.15, -0.1) is 0 Å². The van der Waals surface area contributed by atoms with Gasteiger partial charge in [0, 0.05) is 22.6 Å². The highest BCUT2D eigenvalue weighted by Gasteiger charge is 2.21. The number of carbonyl (C=O) groups is 2. The van der Waals surface area contributed by atoms with Gasteiger partial charge in [-0.25, -0.2) is 10.2 Å². The lowest BCUT2D eigenvalue weighted by Crippen LogP contribution is -2.25. The van der Waals surface area contributed by atoms with Crippen LogP contribution in [0.25, 0.3) is 5.69 Å². The lowest BCUT2D eigenvalue weighted by molar-refractivity contribution is -0.148. The first-order chi connectivity index (χ1) is 20.2. The van der Waals surface area contributed by atoms with Crippen LogP contribution in [0.2, 0.25) is 0 Å². The first-order valence-corrected chi connectivity index (χ1v) is 13.0. The van der Waals surface area contributed by atoms with Crippen LogP contribution < -0.4 is 24.4 Å². The van der Waals surface area contributed by atoms with Crippen molar-refractivity contribution < 1.29 is 37.7 Å². The zero-order chi connectivity index (χ0) is 30.2. The van der Waals surface area contributed by atoms with Crippen LogP contribution in [0.15, 0.2) is 70.2 Å². The molecule has 0 saturated heterocycles. The van der Waals surface area contributed by atoms with Gasteiger partial charge in [0.25, 0.3) is 0 Å². The molecule has 11 heteroatoms. The van der Waals surface area contributed by atoms with Gasteiger partial charge in [0.1, 0.15) is 18.1 Å². The first kappa shape index (κ1) is 29.8. The topological polar surface area (TPSA) is 123 Å². The van der Waals surface area contributed by atoms with Crippen molar-refractivity contribution in [1.82, 2.24) is 9.99 Å². The molecule has 0 saturated carbocycles. The Morgan fingerprint density at radius 2 is 1.60 bits per heavy atom. The summed E-state index contributed by atoms with van der Waals surface area (Å²) < 4.78 is 34.8. The zero-order valence-electron chi connectivity index (χ0n) is 24.3. The molecule has 2 heterocycles. The number of nitrogens with one attached hydrogen (secondary N) is 1. The van der Waals surface area contributed by atoms with E-state index in [0.29, 0.717) is 28.6 Å². The van der Waals surface area contributed by atoms with E-state index in [2.05, 4.69) is 41.1 Å². The molecule has 0 radical (unpaired) electrons. The van der Waals surface area contributed by atoms with Crippen LogP contribution in [0.3, 0.4) is 0 Å². The van der Waals surface area contributed by atoms with Crippen molar-refractivity contribution in [2.24, 2.45) is 5.10 Å². The number of hydrazone groups is 1. The van der Waals surface area contributed by atoms with E-state index in [1.54, 1.807) is 31.2 Å². The summed E-state index contributed by atoms with van der Waals surface area (Å²) in [5.41, 5.74) is 6.33. The van der Waals surface area contributed by atoms with Gasteiger partial charge in [0.2, 0.25) is 5.75 Å². The third kappa shape index (κ3) is 6.92. The molecule has 0 unspecified atom stereocenters. The third-order valence-electron chi connectivity index (χ3n) is 6.32. The summed E-state index contributed by atoms with van der Waals surface area (Å²) in [6, 6.07) is 18.4. The number of aryl methyl sites for hydroxylation is 2. The molecule has 0 aliphatic rings. The number of furan rings is 1. The summed E-state index contributed by atoms with van der Waals surface area (Å²) in [6.45, 7) is 5.82. The molecule has 0 aliphatic carbocycles. The molecular weight excluding hydrogens is 542 g/mol. The quantitative estimate of drug-likeness (QED) is 0.142. The Kier molecular flexibility index (Phi) is 9.53. The van der Waals surface area contributed by atoms with Crippen molar-refractivity contribution in [2.45, 2.75) is 33.5 Å². The fourth-order valence-electron chi connectivity index (χ4n) is 4.20. The molecule has 4 rings (SSSR count). The minimum Gasteiger partial charge on any atom is -0.493 e. The Balaban J connectivity index is 1.34. The number of nitrogens with zero attached hydrogens (tertiary/aromatic N) is 2. The van der Waals surface area contributed by atoms with Gasteiger partial charge in [0.15, 0.2) is 23.4 Å². The van der Waals surface area contributed by atoms with Gasteiger partial charge in [-0.1, -0.05) is 0 Å². The predicted octanol–water partition coefficient (Wildman–Crippen LogP) is 4.99. The molecule has 42 heavy (non-hydrogen) atoms. The third-order valence-corrected chi connectivity index (χ3v) is 6.32. The number of esters is 1. The van der Waals surface area contributed by atoms with Crippen LogP contribution in [0, 0.1) is 13.8 Å². The van der Waals surface area contributed by atoms with E-state index < -0.39 is 18.0 Å². The molecule has 2 aromatic heterocycles. The molecule has 0 aliphatic heterocycles. The van der Waals surface area contributed by atoms with Crippen molar-refractivity contribution in [2.75, 3.05) is 21.3 Å². The standard InChI is InChI=1S/C31H33N3O8/c1-19-7-8-20(2)34(19)23-9-11-24(12-10-23)40-18-25-13-14-26(42-25)30(35)33-32-17-22-15-27(37-4)29(28(16-22)38-5)41-21(3)31(36)39-6/h7-17,21H,18H2,1-6H3,(H,33,35)/b32-17+/t21-/m1/s1. The molecule has 4 aromatic rings. The number of hydrogen-bond acceptors (Lipinski definition) is 9. The van der Waals surface area contributed by atoms with Crippen LogP contribution in [0.4, 0.5) is 0 Å². The van der Waals surface area contributed by atoms with Crippen molar-refractivity contribution in [3.8, 4) is 28.7 Å². The lowest BCUT2D eigenvalue weighted by Gasteiger charge is -2.18. The summed E-state index contributed by atoms with van der Waals surface area (Å²) in [7, 11) is 4.17. The maximum absolute atomic E-state index is 12.6. The largest absolute Gasteiger partial charge is 0.493 e. The van der Waals surface area contributed by atoms with Crippen LogP contribution >= 0.6 is 0 Å². The minimum atomic E-state index is -0.885. The van der Waals surface area contributed by atoms with E-state index in [0.717, 1.165) is 17.1 Å². The molecule has 1 amide bonds. The van der Waals surface area contributed by atoms with E-state index in [4.69, 9.17) is 28.1 Å². The number of aromatic nitrogens is 1. The van der Waals surface area contributed by atoms with E-state index in [9.17, 15) is 9.59 Å². The summed E-state index contributed by atoms with van der Waals surface area (Å²) in [5, 5.41) is 4.00. The molecule has 2 aromatic carbocycles. The zero-order valence-corrected chi connectivity index (χ0v) is 24.3.